The summed E-state index contributed by atoms with van der Waals surface area (Å²) in [5.74, 6) is 0.568. The number of amides is 2. The third-order valence-electron chi connectivity index (χ3n) is 5.36. The van der Waals surface area contributed by atoms with E-state index in [1.165, 1.54) is 5.56 Å². The number of rotatable bonds is 6. The van der Waals surface area contributed by atoms with Gasteiger partial charge >= 0.3 is 0 Å². The van der Waals surface area contributed by atoms with Crippen LogP contribution in [-0.4, -0.2) is 49.5 Å². The summed E-state index contributed by atoms with van der Waals surface area (Å²) in [5, 5.41) is 3.49. The van der Waals surface area contributed by atoms with Crippen molar-refractivity contribution in [2.24, 2.45) is 0 Å². The summed E-state index contributed by atoms with van der Waals surface area (Å²) in [5.41, 5.74) is 3.72. The topological polar surface area (TPSA) is 61.9 Å². The number of nitrogens with one attached hydrogen (secondary N) is 1. The van der Waals surface area contributed by atoms with Crippen LogP contribution in [0.3, 0.4) is 0 Å². The Labute approximate surface area is 182 Å². The number of hydrogen-bond donors (Lipinski definition) is 1. The highest BCUT2D eigenvalue weighted by Gasteiger charge is 2.24. The zero-order valence-corrected chi connectivity index (χ0v) is 18.5. The van der Waals surface area contributed by atoms with E-state index in [0.717, 1.165) is 11.3 Å². The highest BCUT2D eigenvalue weighted by atomic mass is 35.5. The van der Waals surface area contributed by atoms with Gasteiger partial charge in [-0.2, -0.15) is 0 Å². The molecule has 0 bridgehead atoms. The number of aryl methyl sites for hydroxylation is 2. The fraction of sp³-hybridized carbons (Fsp3) is 0.391. The highest BCUT2D eigenvalue weighted by Crippen LogP contribution is 2.34. The number of anilines is 2. The second kappa shape index (κ2) is 9.85. The molecule has 6 nitrogen and oxygen atoms in total. The van der Waals surface area contributed by atoms with Gasteiger partial charge in [-0.15, -0.1) is 0 Å². The van der Waals surface area contributed by atoms with E-state index in [2.05, 4.69) is 10.2 Å². The zero-order chi connectivity index (χ0) is 21.7. The molecule has 160 valence electrons. The molecule has 7 heteroatoms. The van der Waals surface area contributed by atoms with E-state index in [4.69, 9.17) is 16.3 Å². The Morgan fingerprint density at radius 3 is 2.47 bits per heavy atom. The Hall–Kier alpha value is -2.73. The van der Waals surface area contributed by atoms with Gasteiger partial charge in [0.25, 0.3) is 5.91 Å². The first kappa shape index (κ1) is 22.0. The van der Waals surface area contributed by atoms with Crippen LogP contribution in [0.1, 0.15) is 24.5 Å². The summed E-state index contributed by atoms with van der Waals surface area (Å²) in [6.45, 7) is 8.43. The number of piperazine rings is 1. The Morgan fingerprint density at radius 1 is 1.07 bits per heavy atom. The van der Waals surface area contributed by atoms with Crippen molar-refractivity contribution < 1.29 is 14.3 Å². The van der Waals surface area contributed by atoms with Crippen molar-refractivity contribution in [3.8, 4) is 5.75 Å². The second-order valence-corrected chi connectivity index (χ2v) is 7.85. The molecule has 1 heterocycles. The van der Waals surface area contributed by atoms with Crippen molar-refractivity contribution in [1.82, 2.24) is 4.90 Å². The highest BCUT2D eigenvalue weighted by molar-refractivity contribution is 6.34. The lowest BCUT2D eigenvalue weighted by atomic mass is 10.1. The van der Waals surface area contributed by atoms with Crippen LogP contribution in [0, 0.1) is 13.8 Å². The molecule has 2 amide bonds. The van der Waals surface area contributed by atoms with E-state index < -0.39 is 0 Å². The molecule has 30 heavy (non-hydrogen) atoms. The number of carbonyl (C=O) groups is 2. The van der Waals surface area contributed by atoms with Crippen LogP contribution in [0.15, 0.2) is 36.4 Å². The minimum atomic E-state index is -0.253. The van der Waals surface area contributed by atoms with Gasteiger partial charge in [0.2, 0.25) is 5.91 Å². The smallest absolute Gasteiger partial charge is 0.262 e. The van der Waals surface area contributed by atoms with Gasteiger partial charge in [-0.1, -0.05) is 30.7 Å². The van der Waals surface area contributed by atoms with E-state index in [9.17, 15) is 9.59 Å². The minimum absolute atomic E-state index is 0.0900. The van der Waals surface area contributed by atoms with E-state index in [1.54, 1.807) is 0 Å². The molecule has 0 aromatic heterocycles. The van der Waals surface area contributed by atoms with E-state index in [-0.39, 0.29) is 18.4 Å². The van der Waals surface area contributed by atoms with Gasteiger partial charge in [-0.05, 0) is 49.2 Å². The number of hydrogen-bond acceptors (Lipinski definition) is 4. The molecule has 1 aliphatic heterocycles. The predicted octanol–water partition coefficient (Wildman–Crippen LogP) is 4.03. The van der Waals surface area contributed by atoms with Crippen LogP contribution in [-0.2, 0) is 9.59 Å². The fourth-order valence-electron chi connectivity index (χ4n) is 3.48. The molecular formula is C23H28ClN3O3. The van der Waals surface area contributed by atoms with Crippen LogP contribution < -0.4 is 15.0 Å². The third kappa shape index (κ3) is 5.25. The number of ether oxygens (including phenoxy) is 1. The number of nitrogens with zero attached hydrogens (tertiary/aromatic N) is 2. The van der Waals surface area contributed by atoms with Gasteiger partial charge in [0.15, 0.2) is 6.61 Å². The molecular weight excluding hydrogens is 402 g/mol. The van der Waals surface area contributed by atoms with Gasteiger partial charge in [-0.3, -0.25) is 9.59 Å². The number of para-hydroxylation sites is 1. The minimum Gasteiger partial charge on any atom is -0.484 e. The number of halogens is 1. The Morgan fingerprint density at radius 2 is 1.80 bits per heavy atom. The standard InChI is InChI=1S/C23H28ClN3O3/c1-4-22(29)26-10-12-27(13-11-26)23-19(24)6-5-7-20(23)25-21(28)15-30-18-9-8-16(2)17(3)14-18/h5-9,14H,4,10-13,15H2,1-3H3,(H,25,28). The van der Waals surface area contributed by atoms with Crippen molar-refractivity contribution in [3.05, 3.63) is 52.5 Å². The molecule has 0 atom stereocenters. The van der Waals surface area contributed by atoms with Gasteiger partial charge in [0.05, 0.1) is 16.4 Å². The Balaban J connectivity index is 1.65. The maximum absolute atomic E-state index is 12.5. The average Bonchev–Trinajstić information content (AvgIpc) is 2.74. The predicted molar refractivity (Wildman–Crippen MR) is 121 cm³/mol. The molecule has 1 N–H and O–H groups in total. The van der Waals surface area contributed by atoms with Crippen molar-refractivity contribution >= 4 is 34.8 Å². The summed E-state index contributed by atoms with van der Waals surface area (Å²) in [6, 6.07) is 11.2. The van der Waals surface area contributed by atoms with Gasteiger partial charge in [-0.25, -0.2) is 0 Å². The molecule has 1 saturated heterocycles. The fourth-order valence-corrected chi connectivity index (χ4v) is 3.77. The van der Waals surface area contributed by atoms with Gasteiger partial charge in [0, 0.05) is 32.6 Å². The summed E-state index contributed by atoms with van der Waals surface area (Å²) in [4.78, 5) is 28.4. The SMILES string of the molecule is CCC(=O)N1CCN(c2c(Cl)cccc2NC(=O)COc2ccc(C)c(C)c2)CC1. The molecule has 0 unspecified atom stereocenters. The second-order valence-electron chi connectivity index (χ2n) is 7.44. The summed E-state index contributed by atoms with van der Waals surface area (Å²) in [7, 11) is 0. The van der Waals surface area contributed by atoms with Crippen LogP contribution in [0.2, 0.25) is 5.02 Å². The van der Waals surface area contributed by atoms with E-state index in [1.807, 2.05) is 62.1 Å². The summed E-state index contributed by atoms with van der Waals surface area (Å²) < 4.78 is 5.64. The Bertz CT molecular complexity index is 924. The van der Waals surface area contributed by atoms with Gasteiger partial charge in [0.1, 0.15) is 5.75 Å². The van der Waals surface area contributed by atoms with Crippen LogP contribution in [0.5, 0.6) is 5.75 Å². The molecule has 2 aromatic rings. The normalized spacial score (nSPS) is 13.9. The average molecular weight is 430 g/mol. The maximum atomic E-state index is 12.5. The van der Waals surface area contributed by atoms with E-state index >= 15 is 0 Å². The lowest BCUT2D eigenvalue weighted by molar-refractivity contribution is -0.131. The van der Waals surface area contributed by atoms with Crippen molar-refractivity contribution in [2.45, 2.75) is 27.2 Å². The van der Waals surface area contributed by atoms with Crippen molar-refractivity contribution in [2.75, 3.05) is 43.0 Å². The summed E-state index contributed by atoms with van der Waals surface area (Å²) >= 11 is 6.47. The van der Waals surface area contributed by atoms with Crippen LogP contribution in [0.25, 0.3) is 0 Å². The quantitative estimate of drug-likeness (QED) is 0.753. The number of benzene rings is 2. The number of carbonyl (C=O) groups excluding carboxylic acids is 2. The summed E-state index contributed by atoms with van der Waals surface area (Å²) in [6.07, 6.45) is 0.508. The van der Waals surface area contributed by atoms with Crippen LogP contribution in [0.4, 0.5) is 11.4 Å². The molecule has 0 radical (unpaired) electrons. The molecule has 0 aliphatic carbocycles. The molecule has 0 spiro atoms. The molecule has 3 rings (SSSR count). The molecule has 0 saturated carbocycles. The zero-order valence-electron chi connectivity index (χ0n) is 17.7. The largest absolute Gasteiger partial charge is 0.484 e. The maximum Gasteiger partial charge on any atom is 0.262 e. The lowest BCUT2D eigenvalue weighted by Gasteiger charge is -2.37. The molecule has 1 fully saturated rings. The van der Waals surface area contributed by atoms with Crippen molar-refractivity contribution in [1.29, 1.82) is 0 Å². The van der Waals surface area contributed by atoms with Crippen LogP contribution >= 0.6 is 11.6 Å². The third-order valence-corrected chi connectivity index (χ3v) is 5.67. The van der Waals surface area contributed by atoms with Crippen molar-refractivity contribution in [3.63, 3.8) is 0 Å². The first-order chi connectivity index (χ1) is 14.4. The monoisotopic (exact) mass is 429 g/mol. The first-order valence-corrected chi connectivity index (χ1v) is 10.6. The molecule has 2 aromatic carbocycles. The Kier molecular flexibility index (Phi) is 7.21. The lowest BCUT2D eigenvalue weighted by Crippen LogP contribution is -2.48. The molecule has 1 aliphatic rings. The van der Waals surface area contributed by atoms with Gasteiger partial charge < -0.3 is 19.9 Å². The first-order valence-electron chi connectivity index (χ1n) is 10.2. The van der Waals surface area contributed by atoms with E-state index in [0.29, 0.717) is 49.1 Å².